The number of methoxy groups -OCH3 is 1. The van der Waals surface area contributed by atoms with Crippen molar-refractivity contribution in [1.29, 1.82) is 0 Å². The number of benzene rings is 2. The van der Waals surface area contributed by atoms with Crippen molar-refractivity contribution < 1.29 is 14.3 Å². The van der Waals surface area contributed by atoms with Crippen molar-refractivity contribution in [3.63, 3.8) is 0 Å². The lowest BCUT2D eigenvalue weighted by Crippen LogP contribution is -2.32. The zero-order valence-corrected chi connectivity index (χ0v) is 17.0. The smallest absolute Gasteiger partial charge is 0.246 e. The quantitative estimate of drug-likeness (QED) is 0.760. The Hall–Kier alpha value is -2.73. The molecule has 7 heteroatoms. The molecule has 1 fully saturated rings. The normalized spacial score (nSPS) is 14.7. The fourth-order valence-corrected chi connectivity index (χ4v) is 3.52. The number of halogens is 1. The third-order valence-electron chi connectivity index (χ3n) is 4.76. The van der Waals surface area contributed by atoms with Crippen LogP contribution >= 0.6 is 11.6 Å². The van der Waals surface area contributed by atoms with Crippen LogP contribution in [0.1, 0.15) is 25.3 Å². The van der Waals surface area contributed by atoms with Crippen LogP contribution in [0.5, 0.6) is 5.75 Å². The number of hydrogen-bond acceptors (Lipinski definition) is 4. The number of anilines is 3. The van der Waals surface area contributed by atoms with E-state index in [1.165, 1.54) is 0 Å². The Kier molecular flexibility index (Phi) is 6.09. The Morgan fingerprint density at radius 1 is 1.21 bits per heavy atom. The summed E-state index contributed by atoms with van der Waals surface area (Å²) in [5, 5.41) is 6.47. The molecule has 2 amide bonds. The Morgan fingerprint density at radius 2 is 1.96 bits per heavy atom. The third kappa shape index (κ3) is 4.39. The van der Waals surface area contributed by atoms with Gasteiger partial charge in [-0.2, -0.15) is 0 Å². The van der Waals surface area contributed by atoms with Crippen molar-refractivity contribution in [1.82, 2.24) is 0 Å². The number of nitrogens with one attached hydrogen (secondary N) is 2. The van der Waals surface area contributed by atoms with Crippen LogP contribution in [0.25, 0.3) is 0 Å². The molecule has 0 aliphatic carbocycles. The predicted molar refractivity (Wildman–Crippen MR) is 112 cm³/mol. The molecule has 0 radical (unpaired) electrons. The fourth-order valence-electron chi connectivity index (χ4n) is 3.26. The predicted octanol–water partition coefficient (Wildman–Crippen LogP) is 4.22. The first-order valence-corrected chi connectivity index (χ1v) is 9.59. The molecule has 0 spiro atoms. The summed E-state index contributed by atoms with van der Waals surface area (Å²) < 4.78 is 5.11. The maximum absolute atomic E-state index is 12.5. The van der Waals surface area contributed by atoms with Gasteiger partial charge in [-0.3, -0.25) is 9.59 Å². The van der Waals surface area contributed by atoms with E-state index >= 15 is 0 Å². The number of amides is 2. The lowest BCUT2D eigenvalue weighted by molar-refractivity contribution is -0.117. The number of ether oxygens (including phenoxy) is 1. The highest BCUT2D eigenvalue weighted by atomic mass is 35.5. The minimum atomic E-state index is -0.459. The summed E-state index contributed by atoms with van der Waals surface area (Å²) in [5.41, 5.74) is 3.35. The average Bonchev–Trinajstić information content (AvgIpc) is 3.07. The average molecular weight is 402 g/mol. The topological polar surface area (TPSA) is 70.7 Å². The van der Waals surface area contributed by atoms with Crippen LogP contribution in [0.3, 0.4) is 0 Å². The minimum absolute atomic E-state index is 0.162. The van der Waals surface area contributed by atoms with E-state index in [4.69, 9.17) is 16.3 Å². The molecule has 1 aliphatic heterocycles. The lowest BCUT2D eigenvalue weighted by atomic mass is 10.1. The highest BCUT2D eigenvalue weighted by Gasteiger charge is 2.23. The highest BCUT2D eigenvalue weighted by Crippen LogP contribution is 2.29. The van der Waals surface area contributed by atoms with E-state index in [1.807, 2.05) is 30.0 Å². The van der Waals surface area contributed by atoms with Gasteiger partial charge in [0.15, 0.2) is 0 Å². The molecule has 0 aromatic heterocycles. The molecular formula is C21H24ClN3O3. The summed E-state index contributed by atoms with van der Waals surface area (Å²) in [6.45, 7) is 4.51. The van der Waals surface area contributed by atoms with Crippen LogP contribution in [0.15, 0.2) is 36.4 Å². The van der Waals surface area contributed by atoms with Crippen LogP contribution in [-0.4, -0.2) is 31.5 Å². The van der Waals surface area contributed by atoms with Gasteiger partial charge >= 0.3 is 0 Å². The largest absolute Gasteiger partial charge is 0.495 e. The molecule has 2 aromatic rings. The second-order valence-corrected chi connectivity index (χ2v) is 7.26. The summed E-state index contributed by atoms with van der Waals surface area (Å²) in [6, 6.07) is 10.4. The van der Waals surface area contributed by atoms with E-state index in [0.717, 1.165) is 29.9 Å². The SMILES string of the molecule is COc1ccc(NC(=O)C(C)Nc2ccc(N3CCCC3=O)c(C)c2)cc1Cl. The molecule has 6 nitrogen and oxygen atoms in total. The van der Waals surface area contributed by atoms with Gasteiger partial charge in [0, 0.05) is 30.0 Å². The van der Waals surface area contributed by atoms with E-state index in [9.17, 15) is 9.59 Å². The maximum atomic E-state index is 12.5. The Bertz CT molecular complexity index is 900. The van der Waals surface area contributed by atoms with Crippen LogP contribution in [0.4, 0.5) is 17.1 Å². The van der Waals surface area contributed by atoms with Gasteiger partial charge in [0.2, 0.25) is 11.8 Å². The van der Waals surface area contributed by atoms with Crippen molar-refractivity contribution in [2.75, 3.05) is 29.2 Å². The molecule has 28 heavy (non-hydrogen) atoms. The lowest BCUT2D eigenvalue weighted by Gasteiger charge is -2.20. The second-order valence-electron chi connectivity index (χ2n) is 6.85. The van der Waals surface area contributed by atoms with Gasteiger partial charge in [-0.15, -0.1) is 0 Å². The van der Waals surface area contributed by atoms with Gasteiger partial charge in [0.1, 0.15) is 11.8 Å². The van der Waals surface area contributed by atoms with Gasteiger partial charge < -0.3 is 20.3 Å². The second kappa shape index (κ2) is 8.52. The number of carbonyl (C=O) groups excluding carboxylic acids is 2. The molecule has 1 unspecified atom stereocenters. The van der Waals surface area contributed by atoms with Crippen LogP contribution in [-0.2, 0) is 9.59 Å². The molecule has 0 bridgehead atoms. The maximum Gasteiger partial charge on any atom is 0.246 e. The fraction of sp³-hybridized carbons (Fsp3) is 0.333. The summed E-state index contributed by atoms with van der Waals surface area (Å²) in [4.78, 5) is 26.3. The van der Waals surface area contributed by atoms with Gasteiger partial charge in [0.05, 0.1) is 12.1 Å². The van der Waals surface area contributed by atoms with Crippen LogP contribution in [0, 0.1) is 6.92 Å². The Balaban J connectivity index is 1.64. The number of nitrogens with zero attached hydrogens (tertiary/aromatic N) is 1. The summed E-state index contributed by atoms with van der Waals surface area (Å²) in [6.07, 6.45) is 1.50. The van der Waals surface area contributed by atoms with E-state index in [2.05, 4.69) is 10.6 Å². The number of hydrogen-bond donors (Lipinski definition) is 2. The Labute approximate surface area is 169 Å². The molecule has 2 aromatic carbocycles. The number of carbonyl (C=O) groups is 2. The first-order chi connectivity index (χ1) is 13.4. The van der Waals surface area contributed by atoms with Gasteiger partial charge in [-0.1, -0.05) is 11.6 Å². The summed E-state index contributed by atoms with van der Waals surface area (Å²) in [5.74, 6) is 0.533. The van der Waals surface area contributed by atoms with E-state index < -0.39 is 6.04 Å². The minimum Gasteiger partial charge on any atom is -0.495 e. The Morgan fingerprint density at radius 3 is 2.57 bits per heavy atom. The first kappa shape index (κ1) is 20.0. The molecular weight excluding hydrogens is 378 g/mol. The molecule has 3 rings (SSSR count). The van der Waals surface area contributed by atoms with E-state index in [1.54, 1.807) is 32.2 Å². The molecule has 1 saturated heterocycles. The van der Waals surface area contributed by atoms with Crippen molar-refractivity contribution in [2.45, 2.75) is 32.7 Å². The van der Waals surface area contributed by atoms with Crippen molar-refractivity contribution in [2.24, 2.45) is 0 Å². The summed E-state index contributed by atoms with van der Waals surface area (Å²) >= 11 is 6.10. The van der Waals surface area contributed by atoms with Crippen molar-refractivity contribution in [3.05, 3.63) is 47.0 Å². The third-order valence-corrected chi connectivity index (χ3v) is 5.05. The van der Waals surface area contributed by atoms with Crippen LogP contribution in [0.2, 0.25) is 5.02 Å². The van der Waals surface area contributed by atoms with E-state index in [-0.39, 0.29) is 11.8 Å². The molecule has 0 saturated carbocycles. The molecule has 1 heterocycles. The van der Waals surface area contributed by atoms with Crippen molar-refractivity contribution >= 4 is 40.5 Å². The number of rotatable bonds is 6. The van der Waals surface area contributed by atoms with Gasteiger partial charge in [0.25, 0.3) is 0 Å². The number of aryl methyl sites for hydroxylation is 1. The van der Waals surface area contributed by atoms with Gasteiger partial charge in [-0.05, 0) is 62.2 Å². The van der Waals surface area contributed by atoms with Crippen LogP contribution < -0.4 is 20.3 Å². The molecule has 1 atom stereocenters. The zero-order valence-electron chi connectivity index (χ0n) is 16.2. The zero-order chi connectivity index (χ0) is 20.3. The van der Waals surface area contributed by atoms with Gasteiger partial charge in [-0.25, -0.2) is 0 Å². The van der Waals surface area contributed by atoms with Crippen molar-refractivity contribution in [3.8, 4) is 5.75 Å². The molecule has 148 valence electrons. The monoisotopic (exact) mass is 401 g/mol. The standard InChI is InChI=1S/C21H24ClN3O3/c1-13-11-15(6-8-18(13)25-10-4-5-20(25)26)23-14(2)21(27)24-16-7-9-19(28-3)17(22)12-16/h6-9,11-12,14,23H,4-5,10H2,1-3H3,(H,24,27). The molecule has 1 aliphatic rings. The highest BCUT2D eigenvalue weighted by molar-refractivity contribution is 6.32. The summed E-state index contributed by atoms with van der Waals surface area (Å²) in [7, 11) is 1.54. The first-order valence-electron chi connectivity index (χ1n) is 9.21. The molecule has 2 N–H and O–H groups in total. The van der Waals surface area contributed by atoms with E-state index in [0.29, 0.717) is 22.9 Å².